The first-order valence-electron chi connectivity index (χ1n) is 3.91. The van der Waals surface area contributed by atoms with Crippen LogP contribution in [0.5, 0.6) is 5.75 Å². The minimum absolute atomic E-state index is 0. The van der Waals surface area contributed by atoms with E-state index in [9.17, 15) is 4.79 Å². The second kappa shape index (κ2) is 6.90. The molecule has 0 aliphatic rings. The normalized spacial score (nSPS) is 10.3. The molecule has 0 heterocycles. The molecule has 0 spiro atoms. The number of hydrogen-bond donors (Lipinski definition) is 2. The van der Waals surface area contributed by atoms with Crippen LogP contribution < -0.4 is 0 Å². The van der Waals surface area contributed by atoms with Crippen molar-refractivity contribution < 1.29 is 22.6 Å². The van der Waals surface area contributed by atoms with Crippen LogP contribution in [0.15, 0.2) is 30.0 Å². The average Bonchev–Trinajstić information content (AvgIpc) is 2.16. The first-order chi connectivity index (χ1) is 6.63. The second-order valence-electron chi connectivity index (χ2n) is 2.61. The number of carboxylic acid groups (broad SMARTS) is 1. The molecular weight excluding hydrogens is 272 g/mol. The summed E-state index contributed by atoms with van der Waals surface area (Å²) in [5.74, 6) is -1.13. The van der Waals surface area contributed by atoms with E-state index >= 15 is 0 Å². The monoisotopic (exact) mass is 284 g/mol. The molecule has 0 bridgehead atoms. The molecule has 0 saturated carbocycles. The van der Waals surface area contributed by atoms with Crippen molar-refractivity contribution in [3.8, 4) is 5.75 Å². The Bertz CT molecular complexity index is 365. The number of phenols is 1. The van der Waals surface area contributed by atoms with Crippen molar-refractivity contribution in [2.45, 2.75) is 0 Å². The number of aliphatic carboxylic acids is 1. The van der Waals surface area contributed by atoms with Crippen molar-refractivity contribution >= 4 is 57.5 Å². The van der Waals surface area contributed by atoms with Crippen molar-refractivity contribution in [1.82, 2.24) is 0 Å². The third-order valence-electron chi connectivity index (χ3n) is 1.62. The summed E-state index contributed by atoms with van der Waals surface area (Å²) in [6, 6.07) is 6.14. The van der Waals surface area contributed by atoms with Crippen molar-refractivity contribution in [2.24, 2.45) is 0 Å². The largest absolute Gasteiger partial charge is 2.00 e. The third-order valence-corrected chi connectivity index (χ3v) is 1.62. The van der Waals surface area contributed by atoms with Gasteiger partial charge in [-0.3, -0.25) is 0 Å². The van der Waals surface area contributed by atoms with Crippen LogP contribution in [-0.4, -0.2) is 68.8 Å². The number of carboxylic acids is 1. The summed E-state index contributed by atoms with van der Waals surface area (Å²) in [5.41, 5.74) is 0.655. The van der Waals surface area contributed by atoms with Crippen molar-refractivity contribution in [2.75, 3.05) is 7.11 Å². The van der Waals surface area contributed by atoms with E-state index in [0.717, 1.165) is 0 Å². The van der Waals surface area contributed by atoms with Gasteiger partial charge in [0, 0.05) is 0 Å². The van der Waals surface area contributed by atoms with Gasteiger partial charge in [-0.15, -0.1) is 0 Å². The summed E-state index contributed by atoms with van der Waals surface area (Å²) in [4.78, 5) is 10.6. The molecule has 0 saturated heterocycles. The molecule has 0 aliphatic carbocycles. The van der Waals surface area contributed by atoms with Crippen molar-refractivity contribution in [1.29, 1.82) is 0 Å². The van der Waals surface area contributed by atoms with Gasteiger partial charge in [-0.05, 0) is 23.8 Å². The molecule has 0 aromatic heterocycles. The number of methoxy groups -OCH3 is 1. The summed E-state index contributed by atoms with van der Waals surface area (Å²) in [6.45, 7) is 0. The molecule has 0 atom stereocenters. The Balaban J connectivity index is -0.000000653. The van der Waals surface area contributed by atoms with E-state index in [2.05, 4.69) is 4.74 Å². The van der Waals surface area contributed by atoms with E-state index < -0.39 is 5.97 Å². The predicted octanol–water partition coefficient (Wildman–Crippen LogP) is 1.31. The molecule has 2 N–H and O–H groups in total. The molecule has 78 valence electrons. The Morgan fingerprint density at radius 2 is 1.93 bits per heavy atom. The molecule has 0 fully saturated rings. The van der Waals surface area contributed by atoms with Gasteiger partial charge in [-0.25, -0.2) is 4.79 Å². The molecule has 0 aliphatic heterocycles. The molecule has 0 amide bonds. The topological polar surface area (TPSA) is 66.8 Å². The zero-order valence-corrected chi connectivity index (χ0v) is 11.8. The zero-order chi connectivity index (χ0) is 10.6. The molecule has 1 aromatic rings. The summed E-state index contributed by atoms with van der Waals surface area (Å²) >= 11 is 0. The van der Waals surface area contributed by atoms with Gasteiger partial charge in [0.25, 0.3) is 0 Å². The molecule has 5 heteroatoms. The standard InChI is InChI=1S/C10H10O4.Sr.2H/c1-14-9(10(12)13)6-7-2-4-8(11)5-3-7;;;/h2-6,11H,1H3,(H,12,13);;;/q;+2;2*-1. The maximum atomic E-state index is 10.6. The van der Waals surface area contributed by atoms with Gasteiger partial charge < -0.3 is 17.8 Å². The third kappa shape index (κ3) is 4.70. The SMILES string of the molecule is COC(=Cc1ccc(O)cc1)C(=O)O.[H-].[H-].[Sr+2]. The fourth-order valence-corrected chi connectivity index (χ4v) is 0.930. The van der Waals surface area contributed by atoms with Crippen LogP contribution in [0.1, 0.15) is 8.42 Å². The minimum Gasteiger partial charge on any atom is -1.00 e. The van der Waals surface area contributed by atoms with Crippen molar-refractivity contribution in [3.63, 3.8) is 0 Å². The Hall–Kier alpha value is -0.489. The van der Waals surface area contributed by atoms with E-state index in [1.807, 2.05) is 0 Å². The van der Waals surface area contributed by atoms with Gasteiger partial charge >= 0.3 is 51.5 Å². The zero-order valence-electron chi connectivity index (χ0n) is 10.3. The number of ether oxygens (including phenoxy) is 1. The van der Waals surface area contributed by atoms with Crippen LogP contribution >= 0.6 is 0 Å². The van der Waals surface area contributed by atoms with Crippen LogP contribution in [0.25, 0.3) is 6.08 Å². The van der Waals surface area contributed by atoms with Gasteiger partial charge in [0.05, 0.1) is 7.11 Å². The summed E-state index contributed by atoms with van der Waals surface area (Å²) in [5, 5.41) is 17.6. The maximum Gasteiger partial charge on any atom is 2.00 e. The van der Waals surface area contributed by atoms with Gasteiger partial charge in [-0.2, -0.15) is 0 Å². The Morgan fingerprint density at radius 3 is 2.33 bits per heavy atom. The Morgan fingerprint density at radius 1 is 1.40 bits per heavy atom. The molecule has 15 heavy (non-hydrogen) atoms. The van der Waals surface area contributed by atoms with E-state index in [1.165, 1.54) is 25.3 Å². The first-order valence-corrected chi connectivity index (χ1v) is 3.91. The molecule has 0 unspecified atom stereocenters. The molecule has 1 aromatic carbocycles. The Labute approximate surface area is 127 Å². The molecule has 4 nitrogen and oxygen atoms in total. The van der Waals surface area contributed by atoms with Crippen LogP contribution in [0.4, 0.5) is 0 Å². The van der Waals surface area contributed by atoms with Crippen LogP contribution in [0.2, 0.25) is 0 Å². The summed E-state index contributed by atoms with van der Waals surface area (Å²) in [6.07, 6.45) is 1.38. The maximum absolute atomic E-state index is 10.6. The number of rotatable bonds is 3. The number of hydrogen-bond acceptors (Lipinski definition) is 3. The van der Waals surface area contributed by atoms with Crippen LogP contribution in [-0.2, 0) is 9.53 Å². The van der Waals surface area contributed by atoms with Crippen molar-refractivity contribution in [3.05, 3.63) is 35.6 Å². The fourth-order valence-electron chi connectivity index (χ4n) is 0.930. The number of carbonyl (C=O) groups is 1. The quantitative estimate of drug-likeness (QED) is 0.499. The van der Waals surface area contributed by atoms with E-state index in [4.69, 9.17) is 10.2 Å². The van der Waals surface area contributed by atoms with E-state index in [-0.39, 0.29) is 59.8 Å². The summed E-state index contributed by atoms with van der Waals surface area (Å²) in [7, 11) is 1.29. The predicted molar refractivity (Wildman–Crippen MR) is 58.7 cm³/mol. The van der Waals surface area contributed by atoms with E-state index in [1.54, 1.807) is 12.1 Å². The van der Waals surface area contributed by atoms with Gasteiger partial charge in [-0.1, -0.05) is 12.1 Å². The van der Waals surface area contributed by atoms with Gasteiger partial charge in [0.2, 0.25) is 5.76 Å². The van der Waals surface area contributed by atoms with Gasteiger partial charge in [0.1, 0.15) is 5.75 Å². The van der Waals surface area contributed by atoms with Crippen LogP contribution in [0.3, 0.4) is 0 Å². The smallest absolute Gasteiger partial charge is 1.00 e. The number of benzene rings is 1. The molecule has 1 rings (SSSR count). The Kier molecular flexibility index (Phi) is 6.67. The first kappa shape index (κ1) is 14.5. The van der Waals surface area contributed by atoms with Crippen LogP contribution in [0, 0.1) is 0 Å². The van der Waals surface area contributed by atoms with Gasteiger partial charge in [0.15, 0.2) is 0 Å². The average molecular weight is 284 g/mol. The summed E-state index contributed by atoms with van der Waals surface area (Å²) < 4.78 is 4.64. The van der Waals surface area contributed by atoms with E-state index in [0.29, 0.717) is 5.56 Å². The second-order valence-corrected chi connectivity index (χ2v) is 2.61. The molecule has 0 radical (unpaired) electrons. The molecular formula is C10H12O4Sr. The number of phenolic OH excluding ortho intramolecular Hbond substituents is 1. The number of aromatic hydroxyl groups is 1. The fraction of sp³-hybridized carbons (Fsp3) is 0.100. The minimum atomic E-state index is -1.12.